The van der Waals surface area contributed by atoms with Crippen LogP contribution in [0.2, 0.25) is 0 Å². The fourth-order valence-corrected chi connectivity index (χ4v) is 2.54. The molecule has 0 fully saturated rings. The molecule has 0 radical (unpaired) electrons. The Labute approximate surface area is 150 Å². The molecule has 7 heteroatoms. The number of benzene rings is 2. The summed E-state index contributed by atoms with van der Waals surface area (Å²) >= 11 is 0. The molecule has 1 heterocycles. The quantitative estimate of drug-likeness (QED) is 0.636. The number of rotatable bonds is 6. The summed E-state index contributed by atoms with van der Waals surface area (Å²) in [7, 11) is 0. The molecule has 0 aliphatic rings. The number of anilines is 1. The lowest BCUT2D eigenvalue weighted by Crippen LogP contribution is -2.26. The molecular weight excluding hydrogens is 330 g/mol. The van der Waals surface area contributed by atoms with Crippen LogP contribution in [0.3, 0.4) is 0 Å². The highest BCUT2D eigenvalue weighted by atomic mass is 16.2. The highest BCUT2D eigenvalue weighted by Crippen LogP contribution is 2.11. The molecular formula is C19H19N5O2. The first-order valence-corrected chi connectivity index (χ1v) is 8.15. The van der Waals surface area contributed by atoms with E-state index in [4.69, 9.17) is 5.73 Å². The molecule has 4 N–H and O–H groups in total. The van der Waals surface area contributed by atoms with Crippen molar-refractivity contribution in [2.45, 2.75) is 6.42 Å². The topological polar surface area (TPSA) is 102 Å². The SMILES string of the molecule is NC(=O)Nc1cccc(C(=O)NCCc2ccc(-n3cccn3)cc2)c1. The smallest absolute Gasteiger partial charge is 0.316 e. The van der Waals surface area contributed by atoms with Gasteiger partial charge in [-0.2, -0.15) is 5.10 Å². The van der Waals surface area contributed by atoms with Gasteiger partial charge in [0.2, 0.25) is 0 Å². The first-order chi connectivity index (χ1) is 12.6. The molecule has 0 saturated heterocycles. The maximum absolute atomic E-state index is 12.2. The third kappa shape index (κ3) is 4.47. The van der Waals surface area contributed by atoms with Gasteiger partial charge in [0.05, 0.1) is 5.69 Å². The Bertz CT molecular complexity index is 889. The van der Waals surface area contributed by atoms with Crippen LogP contribution < -0.4 is 16.4 Å². The molecule has 0 spiro atoms. The van der Waals surface area contributed by atoms with Gasteiger partial charge in [-0.25, -0.2) is 9.48 Å². The number of primary amides is 1. The fourth-order valence-electron chi connectivity index (χ4n) is 2.54. The van der Waals surface area contributed by atoms with E-state index < -0.39 is 6.03 Å². The Morgan fingerprint density at radius 2 is 1.88 bits per heavy atom. The summed E-state index contributed by atoms with van der Waals surface area (Å²) in [4.78, 5) is 23.1. The molecule has 0 unspecified atom stereocenters. The Balaban J connectivity index is 1.53. The van der Waals surface area contributed by atoms with Gasteiger partial charge in [0.25, 0.3) is 5.91 Å². The molecule has 2 aromatic carbocycles. The highest BCUT2D eigenvalue weighted by Gasteiger charge is 2.06. The number of nitrogens with one attached hydrogen (secondary N) is 2. The standard InChI is InChI=1S/C19H19N5O2/c20-19(26)23-16-4-1-3-15(13-16)18(25)21-11-9-14-5-7-17(8-6-14)24-12-2-10-22-24/h1-8,10,12-13H,9,11H2,(H,21,25)(H3,20,23,26). The predicted molar refractivity (Wildman–Crippen MR) is 99.2 cm³/mol. The van der Waals surface area contributed by atoms with E-state index in [2.05, 4.69) is 15.7 Å². The zero-order chi connectivity index (χ0) is 18.4. The van der Waals surface area contributed by atoms with E-state index in [9.17, 15) is 9.59 Å². The van der Waals surface area contributed by atoms with Crippen LogP contribution in [0.1, 0.15) is 15.9 Å². The molecule has 0 bridgehead atoms. The Morgan fingerprint density at radius 3 is 2.58 bits per heavy atom. The van der Waals surface area contributed by atoms with Crippen molar-refractivity contribution >= 4 is 17.6 Å². The second kappa shape index (κ2) is 7.98. The van der Waals surface area contributed by atoms with Gasteiger partial charge < -0.3 is 16.4 Å². The van der Waals surface area contributed by atoms with Gasteiger partial charge in [-0.1, -0.05) is 18.2 Å². The van der Waals surface area contributed by atoms with Crippen LogP contribution >= 0.6 is 0 Å². The van der Waals surface area contributed by atoms with Crippen LogP contribution in [0.15, 0.2) is 67.0 Å². The van der Waals surface area contributed by atoms with E-state index in [1.807, 2.05) is 36.5 Å². The minimum absolute atomic E-state index is 0.203. The van der Waals surface area contributed by atoms with Gasteiger partial charge in [0, 0.05) is 30.2 Å². The van der Waals surface area contributed by atoms with Gasteiger partial charge >= 0.3 is 6.03 Å². The average molecular weight is 349 g/mol. The van der Waals surface area contributed by atoms with Crippen molar-refractivity contribution in [1.29, 1.82) is 0 Å². The second-order valence-corrected chi connectivity index (χ2v) is 5.69. The van der Waals surface area contributed by atoms with Crippen molar-refractivity contribution in [1.82, 2.24) is 15.1 Å². The summed E-state index contributed by atoms with van der Waals surface area (Å²) < 4.78 is 1.79. The molecule has 3 rings (SSSR count). The van der Waals surface area contributed by atoms with E-state index in [0.29, 0.717) is 24.2 Å². The number of aromatic nitrogens is 2. The molecule has 0 aliphatic heterocycles. The van der Waals surface area contributed by atoms with E-state index >= 15 is 0 Å². The normalized spacial score (nSPS) is 10.3. The van der Waals surface area contributed by atoms with E-state index in [1.165, 1.54) is 0 Å². The van der Waals surface area contributed by atoms with Crippen LogP contribution in [0, 0.1) is 0 Å². The Kier molecular flexibility index (Phi) is 5.28. The minimum Gasteiger partial charge on any atom is -0.352 e. The maximum atomic E-state index is 12.2. The monoisotopic (exact) mass is 349 g/mol. The molecule has 7 nitrogen and oxygen atoms in total. The molecule has 26 heavy (non-hydrogen) atoms. The van der Waals surface area contributed by atoms with Gasteiger partial charge in [-0.05, 0) is 48.4 Å². The summed E-state index contributed by atoms with van der Waals surface area (Å²) in [6.07, 6.45) is 4.33. The van der Waals surface area contributed by atoms with Crippen molar-refractivity contribution in [2.75, 3.05) is 11.9 Å². The predicted octanol–water partition coefficient (Wildman–Crippen LogP) is 2.34. The van der Waals surface area contributed by atoms with Crippen LogP contribution in [0.25, 0.3) is 5.69 Å². The van der Waals surface area contributed by atoms with Crippen molar-refractivity contribution in [2.24, 2.45) is 5.73 Å². The number of nitrogens with two attached hydrogens (primary N) is 1. The van der Waals surface area contributed by atoms with Crippen LogP contribution in [-0.4, -0.2) is 28.3 Å². The van der Waals surface area contributed by atoms with Crippen molar-refractivity contribution in [3.05, 3.63) is 78.1 Å². The van der Waals surface area contributed by atoms with Gasteiger partial charge in [0.15, 0.2) is 0 Å². The summed E-state index contributed by atoms with van der Waals surface area (Å²) in [6, 6.07) is 15.8. The lowest BCUT2D eigenvalue weighted by molar-refractivity contribution is 0.0954. The lowest BCUT2D eigenvalue weighted by atomic mass is 10.1. The van der Waals surface area contributed by atoms with Gasteiger partial charge in [-0.15, -0.1) is 0 Å². The number of nitrogens with zero attached hydrogens (tertiary/aromatic N) is 2. The first kappa shape index (κ1) is 17.2. The molecule has 132 valence electrons. The van der Waals surface area contributed by atoms with E-state index in [0.717, 1.165) is 11.3 Å². The molecule has 1 aromatic heterocycles. The average Bonchev–Trinajstić information content (AvgIpc) is 3.16. The number of carbonyl (C=O) groups excluding carboxylic acids is 2. The van der Waals surface area contributed by atoms with E-state index in [1.54, 1.807) is 35.1 Å². The molecule has 0 atom stereocenters. The summed E-state index contributed by atoms with van der Waals surface area (Å²) in [5.74, 6) is -0.203. The number of amides is 3. The zero-order valence-electron chi connectivity index (χ0n) is 14.1. The number of carbonyl (C=O) groups is 2. The van der Waals surface area contributed by atoms with Crippen molar-refractivity contribution in [3.8, 4) is 5.69 Å². The van der Waals surface area contributed by atoms with Crippen LogP contribution in [-0.2, 0) is 6.42 Å². The lowest BCUT2D eigenvalue weighted by Gasteiger charge is -2.08. The van der Waals surface area contributed by atoms with Gasteiger partial charge in [0.1, 0.15) is 0 Å². The zero-order valence-corrected chi connectivity index (χ0v) is 14.1. The summed E-state index contributed by atoms with van der Waals surface area (Å²) in [5, 5.41) is 9.51. The third-order valence-corrected chi connectivity index (χ3v) is 3.80. The second-order valence-electron chi connectivity index (χ2n) is 5.69. The number of hydrogen-bond acceptors (Lipinski definition) is 3. The first-order valence-electron chi connectivity index (χ1n) is 8.15. The summed E-state index contributed by atoms with van der Waals surface area (Å²) in [5.41, 5.74) is 8.13. The minimum atomic E-state index is -0.666. The van der Waals surface area contributed by atoms with Crippen LogP contribution in [0.4, 0.5) is 10.5 Å². The summed E-state index contributed by atoms with van der Waals surface area (Å²) in [6.45, 7) is 0.507. The Morgan fingerprint density at radius 1 is 1.08 bits per heavy atom. The molecule has 3 amide bonds. The Hall–Kier alpha value is -3.61. The highest BCUT2D eigenvalue weighted by molar-refractivity contribution is 5.96. The largest absolute Gasteiger partial charge is 0.352 e. The molecule has 3 aromatic rings. The fraction of sp³-hybridized carbons (Fsp3) is 0.105. The molecule has 0 saturated carbocycles. The third-order valence-electron chi connectivity index (χ3n) is 3.80. The maximum Gasteiger partial charge on any atom is 0.316 e. The van der Waals surface area contributed by atoms with Crippen molar-refractivity contribution < 1.29 is 9.59 Å². The molecule has 0 aliphatic carbocycles. The van der Waals surface area contributed by atoms with E-state index in [-0.39, 0.29) is 5.91 Å². The van der Waals surface area contributed by atoms with Crippen LogP contribution in [0.5, 0.6) is 0 Å². The van der Waals surface area contributed by atoms with Crippen molar-refractivity contribution in [3.63, 3.8) is 0 Å². The number of urea groups is 1. The van der Waals surface area contributed by atoms with Gasteiger partial charge in [-0.3, -0.25) is 4.79 Å². The number of hydrogen-bond donors (Lipinski definition) is 3.